The molecule has 0 aliphatic rings. The average Bonchev–Trinajstić information content (AvgIpc) is 3.05. The Morgan fingerprint density at radius 2 is 0.848 bits per heavy atom. The van der Waals surface area contributed by atoms with Crippen LogP contribution in [0, 0.1) is 0 Å². The second-order valence-electron chi connectivity index (χ2n) is 12.0. The molecule has 5 rings (SSSR count). The van der Waals surface area contributed by atoms with E-state index in [9.17, 15) is 14.7 Å². The molecule has 5 aromatic carbocycles. The third kappa shape index (κ3) is 7.74. The summed E-state index contributed by atoms with van der Waals surface area (Å²) >= 11 is 0. The Kier molecular flexibility index (Phi) is 9.42. The first kappa shape index (κ1) is 31.9. The zero-order valence-corrected chi connectivity index (χ0v) is 26.2. The van der Waals surface area contributed by atoms with Gasteiger partial charge in [0.05, 0.1) is 0 Å². The van der Waals surface area contributed by atoms with Gasteiger partial charge in [-0.1, -0.05) is 107 Å². The van der Waals surface area contributed by atoms with Crippen LogP contribution in [0.4, 0.5) is 9.59 Å². The Bertz CT molecular complexity index is 1760. The Balaban J connectivity index is 1.14. The first-order valence-electron chi connectivity index (χ1n) is 14.9. The van der Waals surface area contributed by atoms with Crippen molar-refractivity contribution in [3.05, 3.63) is 155 Å². The number of carbonyl (C=O) groups is 2. The van der Waals surface area contributed by atoms with E-state index in [0.29, 0.717) is 17.2 Å². The minimum Gasteiger partial charge on any atom is -0.508 e. The molecule has 0 aliphatic heterocycles. The number of ether oxygens (including phenoxy) is 4. The monoisotopic (exact) mass is 616 g/mol. The van der Waals surface area contributed by atoms with Gasteiger partial charge in [-0.3, -0.25) is 0 Å². The van der Waals surface area contributed by atoms with Crippen molar-refractivity contribution in [2.75, 3.05) is 0 Å². The predicted molar refractivity (Wildman–Crippen MR) is 176 cm³/mol. The Hall–Kier alpha value is -5.56. The van der Waals surface area contributed by atoms with Gasteiger partial charge in [-0.05, 0) is 76.3 Å². The van der Waals surface area contributed by atoms with Crippen LogP contribution in [0.5, 0.6) is 23.0 Å². The zero-order chi connectivity index (χ0) is 32.7. The van der Waals surface area contributed by atoms with Crippen molar-refractivity contribution in [2.24, 2.45) is 0 Å². The number of rotatable bonds is 9. The number of phenols is 1. The number of phenolic OH excluding ortho intramolecular Hbond substituents is 1. The fraction of sp³-hybridized carbons (Fsp3) is 0.179. The molecule has 0 fully saturated rings. The molecule has 0 bridgehead atoms. The van der Waals surface area contributed by atoms with Crippen LogP contribution in [0.15, 0.2) is 127 Å². The highest BCUT2D eigenvalue weighted by molar-refractivity contribution is 5.67. The Labute approximate surface area is 269 Å². The van der Waals surface area contributed by atoms with Gasteiger partial charge in [0.2, 0.25) is 0 Å². The number of hydrogen-bond donors (Lipinski definition) is 1. The lowest BCUT2D eigenvalue weighted by molar-refractivity contribution is 0.0927. The van der Waals surface area contributed by atoms with Crippen LogP contribution in [0.25, 0.3) is 0 Å². The summed E-state index contributed by atoms with van der Waals surface area (Å²) in [5.41, 5.74) is 4.25. The zero-order valence-electron chi connectivity index (χ0n) is 26.2. The number of hydrogen-bond acceptors (Lipinski definition) is 7. The van der Waals surface area contributed by atoms with Gasteiger partial charge >= 0.3 is 12.3 Å². The molecule has 0 saturated heterocycles. The maximum Gasteiger partial charge on any atom is 0.519 e. The second-order valence-corrected chi connectivity index (χ2v) is 12.0. The molecule has 0 aliphatic carbocycles. The molecule has 46 heavy (non-hydrogen) atoms. The summed E-state index contributed by atoms with van der Waals surface area (Å²) in [5.74, 6) is 1.32. The lowest BCUT2D eigenvalue weighted by Crippen LogP contribution is -2.19. The van der Waals surface area contributed by atoms with Crippen molar-refractivity contribution in [2.45, 2.75) is 45.1 Å². The Morgan fingerprint density at radius 3 is 1.24 bits per heavy atom. The van der Waals surface area contributed by atoms with Crippen molar-refractivity contribution in [1.29, 1.82) is 0 Å². The molecule has 7 nitrogen and oxygen atoms in total. The topological polar surface area (TPSA) is 91.3 Å². The number of aromatic hydroxyl groups is 1. The van der Waals surface area contributed by atoms with E-state index in [4.69, 9.17) is 18.9 Å². The van der Waals surface area contributed by atoms with Crippen LogP contribution in [-0.4, -0.2) is 17.4 Å². The summed E-state index contributed by atoms with van der Waals surface area (Å²) in [6.07, 6.45) is -1.60. The SMILES string of the molecule is CC(C)(c1ccc(O)cc1)c1ccc(OC(=O)Oc2ccc(C(C)(C)c3ccc(OC(=O)OCc4ccccc4)cc3)cc2)cc1. The largest absolute Gasteiger partial charge is 0.519 e. The summed E-state index contributed by atoms with van der Waals surface area (Å²) in [5, 5.41) is 9.61. The van der Waals surface area contributed by atoms with Gasteiger partial charge < -0.3 is 24.1 Å². The molecule has 0 heterocycles. The predicted octanol–water partition coefficient (Wildman–Crippen LogP) is 9.34. The van der Waals surface area contributed by atoms with E-state index in [0.717, 1.165) is 27.8 Å². The van der Waals surface area contributed by atoms with E-state index in [1.165, 1.54) is 0 Å². The molecule has 7 heteroatoms. The molecule has 5 aromatic rings. The standard InChI is InChI=1S/C39H36O7/c1-38(2,28-10-18-32(40)19-11-28)29-14-22-34(23-15-29)45-37(42)46-35-24-16-31(17-25-35)39(3,4)30-12-20-33(21-13-30)44-36(41)43-26-27-8-6-5-7-9-27/h5-25,40H,26H2,1-4H3. The van der Waals surface area contributed by atoms with Gasteiger partial charge in [-0.25, -0.2) is 9.59 Å². The van der Waals surface area contributed by atoms with Crippen LogP contribution in [0.2, 0.25) is 0 Å². The van der Waals surface area contributed by atoms with Crippen LogP contribution >= 0.6 is 0 Å². The maximum atomic E-state index is 12.5. The van der Waals surface area contributed by atoms with Crippen LogP contribution in [0.1, 0.15) is 55.5 Å². The lowest BCUT2D eigenvalue weighted by atomic mass is 9.78. The van der Waals surface area contributed by atoms with E-state index < -0.39 is 12.3 Å². The molecule has 0 radical (unpaired) electrons. The third-order valence-electron chi connectivity index (χ3n) is 8.12. The minimum absolute atomic E-state index is 0.136. The molecular weight excluding hydrogens is 580 g/mol. The maximum absolute atomic E-state index is 12.5. The highest BCUT2D eigenvalue weighted by Crippen LogP contribution is 2.35. The molecule has 0 unspecified atom stereocenters. The summed E-state index contributed by atoms with van der Waals surface area (Å²) in [4.78, 5) is 24.6. The Morgan fingerprint density at radius 1 is 0.500 bits per heavy atom. The molecule has 0 amide bonds. The van der Waals surface area contributed by atoms with Gasteiger partial charge in [0.15, 0.2) is 0 Å². The van der Waals surface area contributed by atoms with Crippen molar-refractivity contribution in [1.82, 2.24) is 0 Å². The van der Waals surface area contributed by atoms with Gasteiger partial charge in [0.1, 0.15) is 29.6 Å². The van der Waals surface area contributed by atoms with Gasteiger partial charge in [0, 0.05) is 10.8 Å². The van der Waals surface area contributed by atoms with Crippen LogP contribution < -0.4 is 14.2 Å². The fourth-order valence-electron chi connectivity index (χ4n) is 5.09. The van der Waals surface area contributed by atoms with Crippen molar-refractivity contribution < 1.29 is 33.6 Å². The highest BCUT2D eigenvalue weighted by Gasteiger charge is 2.25. The minimum atomic E-state index is -0.838. The van der Waals surface area contributed by atoms with E-state index in [1.807, 2.05) is 78.9 Å². The highest BCUT2D eigenvalue weighted by atomic mass is 16.7. The van der Waals surface area contributed by atoms with E-state index in [-0.39, 0.29) is 23.2 Å². The molecule has 234 valence electrons. The molecule has 1 N–H and O–H groups in total. The number of benzene rings is 5. The average molecular weight is 617 g/mol. The first-order valence-corrected chi connectivity index (χ1v) is 14.9. The second kappa shape index (κ2) is 13.6. The molecule has 0 saturated carbocycles. The molecular formula is C39H36O7. The smallest absolute Gasteiger partial charge is 0.508 e. The lowest BCUT2D eigenvalue weighted by Gasteiger charge is -2.26. The first-order chi connectivity index (χ1) is 22.0. The summed E-state index contributed by atoms with van der Waals surface area (Å²) < 4.78 is 21.3. The van der Waals surface area contributed by atoms with E-state index in [2.05, 4.69) is 27.7 Å². The normalized spacial score (nSPS) is 11.4. The van der Waals surface area contributed by atoms with Crippen LogP contribution in [0.3, 0.4) is 0 Å². The molecule has 0 aromatic heterocycles. The van der Waals surface area contributed by atoms with Crippen LogP contribution in [-0.2, 0) is 22.2 Å². The van der Waals surface area contributed by atoms with Gasteiger partial charge in [0.25, 0.3) is 0 Å². The van der Waals surface area contributed by atoms with E-state index >= 15 is 0 Å². The quantitative estimate of drug-likeness (QED) is 0.130. The molecule has 0 atom stereocenters. The summed E-state index contributed by atoms with van der Waals surface area (Å²) in [6, 6.07) is 38.3. The fourth-order valence-corrected chi connectivity index (χ4v) is 5.09. The summed E-state index contributed by atoms with van der Waals surface area (Å²) in [7, 11) is 0. The van der Waals surface area contributed by atoms with Crippen molar-refractivity contribution in [3.63, 3.8) is 0 Å². The summed E-state index contributed by atoms with van der Waals surface area (Å²) in [6.45, 7) is 8.47. The number of carbonyl (C=O) groups excluding carboxylic acids is 2. The van der Waals surface area contributed by atoms with Crippen molar-refractivity contribution in [3.8, 4) is 23.0 Å². The van der Waals surface area contributed by atoms with E-state index in [1.54, 1.807) is 48.5 Å². The van der Waals surface area contributed by atoms with Gasteiger partial charge in [-0.2, -0.15) is 0 Å². The van der Waals surface area contributed by atoms with Gasteiger partial charge in [-0.15, -0.1) is 0 Å². The van der Waals surface area contributed by atoms with Crippen molar-refractivity contribution >= 4 is 12.3 Å². The third-order valence-corrected chi connectivity index (χ3v) is 8.12. The molecule has 0 spiro atoms.